The molecule has 2 heterocycles. The molecular weight excluding hydrogens is 366 g/mol. The number of carbonyl (C=O) groups is 2. The van der Waals surface area contributed by atoms with Crippen molar-refractivity contribution in [1.29, 1.82) is 0 Å². The molecule has 1 fully saturated rings. The fraction of sp³-hybridized carbons (Fsp3) is 0.500. The van der Waals surface area contributed by atoms with Crippen molar-refractivity contribution >= 4 is 22.8 Å². The minimum Gasteiger partial charge on any atom is -0.462 e. The van der Waals surface area contributed by atoms with E-state index in [0.29, 0.717) is 32.0 Å². The zero-order chi connectivity index (χ0) is 19.8. The first-order chi connectivity index (χ1) is 13.7. The molecule has 0 spiro atoms. The molecule has 0 radical (unpaired) electrons. The van der Waals surface area contributed by atoms with Gasteiger partial charge < -0.3 is 28.3 Å². The molecule has 0 unspecified atom stereocenters. The van der Waals surface area contributed by atoms with Crippen LogP contribution in [0.1, 0.15) is 11.5 Å². The summed E-state index contributed by atoms with van der Waals surface area (Å²) in [7, 11) is 1.86. The Labute approximate surface area is 163 Å². The number of fused-ring (bicyclic) bond motifs is 1. The predicted octanol–water partition coefficient (Wildman–Crippen LogP) is 1.41. The van der Waals surface area contributed by atoms with E-state index >= 15 is 0 Å². The van der Waals surface area contributed by atoms with Crippen LogP contribution in [0.2, 0.25) is 0 Å². The van der Waals surface area contributed by atoms with Crippen LogP contribution in [0.25, 0.3) is 10.9 Å². The van der Waals surface area contributed by atoms with Crippen molar-refractivity contribution in [1.82, 2.24) is 4.57 Å². The molecule has 3 rings (SSSR count). The van der Waals surface area contributed by atoms with E-state index < -0.39 is 17.9 Å². The van der Waals surface area contributed by atoms with E-state index in [1.165, 1.54) is 0 Å². The summed E-state index contributed by atoms with van der Waals surface area (Å²) in [5.74, 6) is -2.48. The van der Waals surface area contributed by atoms with Gasteiger partial charge in [0.1, 0.15) is 13.2 Å². The Morgan fingerprint density at radius 3 is 1.86 bits per heavy atom. The van der Waals surface area contributed by atoms with Gasteiger partial charge in [0.05, 0.1) is 39.6 Å². The number of cyclic esters (lactones) is 2. The topological polar surface area (TPSA) is 85.2 Å². The van der Waals surface area contributed by atoms with Crippen LogP contribution in [0.5, 0.6) is 0 Å². The third-order valence-electron chi connectivity index (χ3n) is 4.40. The summed E-state index contributed by atoms with van der Waals surface area (Å²) in [6, 6.07) is 7.56. The van der Waals surface area contributed by atoms with E-state index in [1.54, 1.807) is 6.20 Å². The average Bonchev–Trinajstić information content (AvgIpc) is 3.01. The molecule has 1 aliphatic heterocycles. The minimum absolute atomic E-state index is 0.0521. The third kappa shape index (κ3) is 5.09. The Morgan fingerprint density at radius 1 is 0.786 bits per heavy atom. The molecule has 1 aromatic heterocycles. The van der Waals surface area contributed by atoms with Crippen molar-refractivity contribution in [2.45, 2.75) is 5.92 Å². The first kappa shape index (κ1) is 20.3. The van der Waals surface area contributed by atoms with Crippen molar-refractivity contribution in [3.8, 4) is 0 Å². The zero-order valence-electron chi connectivity index (χ0n) is 15.9. The van der Waals surface area contributed by atoms with E-state index in [-0.39, 0.29) is 26.4 Å². The maximum Gasteiger partial charge on any atom is 0.325 e. The number of nitrogens with zero attached hydrogens (tertiary/aromatic N) is 1. The highest BCUT2D eigenvalue weighted by molar-refractivity contribution is 6.04. The summed E-state index contributed by atoms with van der Waals surface area (Å²) in [6.45, 7) is 2.22. The molecule has 0 aliphatic carbocycles. The Kier molecular flexibility index (Phi) is 7.41. The van der Waals surface area contributed by atoms with Crippen molar-refractivity contribution in [2.24, 2.45) is 7.05 Å². The summed E-state index contributed by atoms with van der Waals surface area (Å²) in [5, 5.41) is 0.808. The Balaban J connectivity index is 1.81. The molecule has 28 heavy (non-hydrogen) atoms. The van der Waals surface area contributed by atoms with Crippen LogP contribution in [0.3, 0.4) is 0 Å². The number of para-hydroxylation sites is 1. The standard InChI is InChI=1S/C20H25NO7/c1-21-14-16(15-4-2-3-5-17(15)21)18-19(22)27-12-10-25-8-6-24-7-9-26-11-13-28-20(18)23/h2-5,14,18H,6-13H2,1H3. The highest BCUT2D eigenvalue weighted by Gasteiger charge is 2.34. The van der Waals surface area contributed by atoms with Gasteiger partial charge in [-0.15, -0.1) is 0 Å². The van der Waals surface area contributed by atoms with E-state index in [0.717, 1.165) is 10.9 Å². The third-order valence-corrected chi connectivity index (χ3v) is 4.40. The number of ether oxygens (including phenoxy) is 5. The molecule has 8 nitrogen and oxygen atoms in total. The number of aromatic nitrogens is 1. The number of aryl methyl sites for hydroxylation is 1. The van der Waals surface area contributed by atoms with Crippen molar-refractivity contribution < 1.29 is 33.3 Å². The second-order valence-electron chi connectivity index (χ2n) is 6.32. The van der Waals surface area contributed by atoms with Crippen LogP contribution in [-0.2, 0) is 40.3 Å². The quantitative estimate of drug-likeness (QED) is 0.537. The second-order valence-corrected chi connectivity index (χ2v) is 6.32. The van der Waals surface area contributed by atoms with Crippen LogP contribution in [0, 0.1) is 0 Å². The van der Waals surface area contributed by atoms with Gasteiger partial charge in [0, 0.05) is 29.7 Å². The number of rotatable bonds is 1. The van der Waals surface area contributed by atoms with Crippen molar-refractivity contribution in [3.63, 3.8) is 0 Å². The number of hydrogen-bond donors (Lipinski definition) is 0. The van der Waals surface area contributed by atoms with Gasteiger partial charge in [0.2, 0.25) is 0 Å². The molecule has 8 heteroatoms. The number of carbonyl (C=O) groups excluding carboxylic acids is 2. The molecule has 0 amide bonds. The summed E-state index contributed by atoms with van der Waals surface area (Å²) < 4.78 is 28.5. The lowest BCUT2D eigenvalue weighted by Gasteiger charge is -2.16. The molecule has 0 bridgehead atoms. The van der Waals surface area contributed by atoms with Crippen LogP contribution >= 0.6 is 0 Å². The summed E-state index contributed by atoms with van der Waals surface area (Å²) in [4.78, 5) is 25.5. The van der Waals surface area contributed by atoms with Crippen LogP contribution in [0.4, 0.5) is 0 Å². The van der Waals surface area contributed by atoms with E-state index in [1.807, 2.05) is 35.9 Å². The highest BCUT2D eigenvalue weighted by Crippen LogP contribution is 2.29. The van der Waals surface area contributed by atoms with Crippen LogP contribution < -0.4 is 0 Å². The Hall–Kier alpha value is -2.42. The van der Waals surface area contributed by atoms with Gasteiger partial charge in [-0.1, -0.05) is 18.2 Å². The highest BCUT2D eigenvalue weighted by atomic mass is 16.6. The molecule has 0 N–H and O–H groups in total. The molecule has 1 aliphatic rings. The SMILES string of the molecule is Cn1cc(C2C(=O)OCCOCCOCCOCCOC2=O)c2ccccc21. The lowest BCUT2D eigenvalue weighted by Crippen LogP contribution is -2.28. The number of hydrogen-bond acceptors (Lipinski definition) is 7. The fourth-order valence-corrected chi connectivity index (χ4v) is 3.06. The largest absolute Gasteiger partial charge is 0.462 e. The minimum atomic E-state index is -1.16. The first-order valence-corrected chi connectivity index (χ1v) is 9.29. The smallest absolute Gasteiger partial charge is 0.325 e. The van der Waals surface area contributed by atoms with Crippen molar-refractivity contribution in [3.05, 3.63) is 36.0 Å². The van der Waals surface area contributed by atoms with E-state index in [4.69, 9.17) is 23.7 Å². The van der Waals surface area contributed by atoms with Gasteiger partial charge in [0.15, 0.2) is 5.92 Å². The lowest BCUT2D eigenvalue weighted by atomic mass is 9.98. The Morgan fingerprint density at radius 2 is 1.29 bits per heavy atom. The van der Waals surface area contributed by atoms with Crippen LogP contribution in [-0.4, -0.2) is 69.4 Å². The Bertz CT molecular complexity index is 775. The van der Waals surface area contributed by atoms with E-state index in [9.17, 15) is 9.59 Å². The summed E-state index contributed by atoms with van der Waals surface area (Å²) in [5.41, 5.74) is 1.47. The van der Waals surface area contributed by atoms with Crippen LogP contribution in [0.15, 0.2) is 30.5 Å². The van der Waals surface area contributed by atoms with Crippen molar-refractivity contribution in [2.75, 3.05) is 52.9 Å². The maximum absolute atomic E-state index is 12.7. The first-order valence-electron chi connectivity index (χ1n) is 9.29. The van der Waals surface area contributed by atoms with Gasteiger partial charge in [-0.25, -0.2) is 0 Å². The summed E-state index contributed by atoms with van der Waals surface area (Å²) in [6.07, 6.45) is 1.76. The van der Waals surface area contributed by atoms with Gasteiger partial charge in [-0.05, 0) is 6.07 Å². The fourth-order valence-electron chi connectivity index (χ4n) is 3.06. The zero-order valence-corrected chi connectivity index (χ0v) is 15.9. The van der Waals surface area contributed by atoms with E-state index in [2.05, 4.69) is 0 Å². The lowest BCUT2D eigenvalue weighted by molar-refractivity contribution is -0.159. The maximum atomic E-state index is 12.7. The molecule has 1 aromatic carbocycles. The monoisotopic (exact) mass is 391 g/mol. The van der Waals surface area contributed by atoms with Gasteiger partial charge >= 0.3 is 11.9 Å². The molecule has 152 valence electrons. The average molecular weight is 391 g/mol. The molecule has 2 aromatic rings. The molecule has 0 atom stereocenters. The normalized spacial score (nSPS) is 19.3. The van der Waals surface area contributed by atoms with Gasteiger partial charge in [-0.3, -0.25) is 9.59 Å². The molecule has 1 saturated heterocycles. The van der Waals surface area contributed by atoms with Gasteiger partial charge in [0.25, 0.3) is 0 Å². The molecule has 0 saturated carbocycles. The second kappa shape index (κ2) is 10.2. The number of benzene rings is 1. The number of esters is 2. The van der Waals surface area contributed by atoms with Gasteiger partial charge in [-0.2, -0.15) is 0 Å². The summed E-state index contributed by atoms with van der Waals surface area (Å²) >= 11 is 0. The predicted molar refractivity (Wildman–Crippen MR) is 100 cm³/mol. The molecular formula is C20H25NO7.